The molecule has 112 valence electrons. The zero-order valence-electron chi connectivity index (χ0n) is 12.5. The number of aromatic amines is 1. The molecule has 0 saturated carbocycles. The Morgan fingerprint density at radius 1 is 1.23 bits per heavy atom. The third-order valence-electron chi connectivity index (χ3n) is 3.48. The number of rotatable bonds is 4. The van der Waals surface area contributed by atoms with Gasteiger partial charge in [0, 0.05) is 28.7 Å². The number of anilines is 1. The Bertz CT molecular complexity index is 837. The third-order valence-corrected chi connectivity index (χ3v) is 4.28. The van der Waals surface area contributed by atoms with Crippen LogP contribution in [0.2, 0.25) is 0 Å². The lowest BCUT2D eigenvalue weighted by atomic mass is 10.1. The predicted octanol–water partition coefficient (Wildman–Crippen LogP) is 3.73. The fraction of sp³-hybridized carbons (Fsp3) is 0.176. The van der Waals surface area contributed by atoms with Gasteiger partial charge in [0.1, 0.15) is 0 Å². The SMILES string of the molecule is Cc1cc(C)c(CNc2nc(-c3ccccc3)cs2)c(=O)[nH]1. The molecule has 0 spiro atoms. The molecule has 0 aliphatic heterocycles. The standard InChI is InChI=1S/C17H17N3OS/c1-11-8-12(2)19-16(21)14(11)9-18-17-20-15(10-22-17)13-6-4-3-5-7-13/h3-8,10H,9H2,1-2H3,(H,18,20)(H,19,21). The first kappa shape index (κ1) is 14.5. The number of hydrogen-bond donors (Lipinski definition) is 2. The zero-order chi connectivity index (χ0) is 15.5. The fourth-order valence-corrected chi connectivity index (χ4v) is 3.08. The molecule has 2 aromatic heterocycles. The second-order valence-electron chi connectivity index (χ2n) is 5.20. The molecule has 0 amide bonds. The molecule has 0 aliphatic rings. The molecule has 0 bridgehead atoms. The minimum atomic E-state index is -0.0372. The molecule has 2 N–H and O–H groups in total. The Morgan fingerprint density at radius 2 is 2.00 bits per heavy atom. The summed E-state index contributed by atoms with van der Waals surface area (Å²) in [4.78, 5) is 19.4. The van der Waals surface area contributed by atoms with E-state index in [9.17, 15) is 4.79 Å². The van der Waals surface area contributed by atoms with Crippen molar-refractivity contribution >= 4 is 16.5 Å². The average Bonchev–Trinajstić information content (AvgIpc) is 2.96. The van der Waals surface area contributed by atoms with Crippen LogP contribution in [0, 0.1) is 13.8 Å². The van der Waals surface area contributed by atoms with Crippen LogP contribution in [0.3, 0.4) is 0 Å². The van der Waals surface area contributed by atoms with Crippen molar-refractivity contribution in [1.82, 2.24) is 9.97 Å². The molecule has 0 fully saturated rings. The second kappa shape index (κ2) is 6.15. The Hall–Kier alpha value is -2.40. The molecule has 0 atom stereocenters. The quantitative estimate of drug-likeness (QED) is 0.772. The number of H-pyrrole nitrogens is 1. The molecule has 0 unspecified atom stereocenters. The molecule has 2 heterocycles. The number of aromatic nitrogens is 2. The third kappa shape index (κ3) is 3.09. The minimum absolute atomic E-state index is 0.0372. The van der Waals surface area contributed by atoms with Crippen molar-refractivity contribution in [3.05, 3.63) is 69.0 Å². The summed E-state index contributed by atoms with van der Waals surface area (Å²) < 4.78 is 0. The van der Waals surface area contributed by atoms with Crippen LogP contribution in [-0.2, 0) is 6.54 Å². The van der Waals surface area contributed by atoms with Crippen LogP contribution < -0.4 is 10.9 Å². The van der Waals surface area contributed by atoms with Crippen LogP contribution >= 0.6 is 11.3 Å². The van der Waals surface area contributed by atoms with Crippen molar-refractivity contribution in [2.75, 3.05) is 5.32 Å². The Morgan fingerprint density at radius 3 is 2.73 bits per heavy atom. The topological polar surface area (TPSA) is 57.8 Å². The Labute approximate surface area is 132 Å². The highest BCUT2D eigenvalue weighted by atomic mass is 32.1. The van der Waals surface area contributed by atoms with E-state index >= 15 is 0 Å². The van der Waals surface area contributed by atoms with Gasteiger partial charge in [0.15, 0.2) is 5.13 Å². The van der Waals surface area contributed by atoms with E-state index in [1.165, 1.54) is 0 Å². The molecule has 0 aliphatic carbocycles. The summed E-state index contributed by atoms with van der Waals surface area (Å²) in [6.07, 6.45) is 0. The molecule has 0 radical (unpaired) electrons. The van der Waals surface area contributed by atoms with E-state index in [-0.39, 0.29) is 5.56 Å². The van der Waals surface area contributed by atoms with E-state index < -0.39 is 0 Å². The van der Waals surface area contributed by atoms with Crippen LogP contribution in [0.1, 0.15) is 16.8 Å². The van der Waals surface area contributed by atoms with Crippen molar-refractivity contribution in [2.24, 2.45) is 0 Å². The smallest absolute Gasteiger partial charge is 0.253 e. The highest BCUT2D eigenvalue weighted by Gasteiger charge is 2.07. The van der Waals surface area contributed by atoms with Gasteiger partial charge in [-0.15, -0.1) is 11.3 Å². The van der Waals surface area contributed by atoms with Crippen molar-refractivity contribution in [3.8, 4) is 11.3 Å². The van der Waals surface area contributed by atoms with Gasteiger partial charge in [-0.1, -0.05) is 30.3 Å². The van der Waals surface area contributed by atoms with Crippen molar-refractivity contribution in [3.63, 3.8) is 0 Å². The van der Waals surface area contributed by atoms with E-state index in [2.05, 4.69) is 15.3 Å². The average molecular weight is 311 g/mol. The number of nitrogens with zero attached hydrogens (tertiary/aromatic N) is 1. The molecular formula is C17H17N3OS. The summed E-state index contributed by atoms with van der Waals surface area (Å²) >= 11 is 1.54. The van der Waals surface area contributed by atoms with Crippen molar-refractivity contribution < 1.29 is 0 Å². The van der Waals surface area contributed by atoms with Gasteiger partial charge in [0.2, 0.25) is 0 Å². The number of benzene rings is 1. The van der Waals surface area contributed by atoms with Gasteiger partial charge in [-0.25, -0.2) is 4.98 Å². The molecule has 22 heavy (non-hydrogen) atoms. The Kier molecular flexibility index (Phi) is 4.06. The van der Waals surface area contributed by atoms with E-state index in [0.717, 1.165) is 33.2 Å². The number of aryl methyl sites for hydroxylation is 2. The van der Waals surface area contributed by atoms with Crippen LogP contribution in [0.4, 0.5) is 5.13 Å². The van der Waals surface area contributed by atoms with Crippen LogP contribution in [-0.4, -0.2) is 9.97 Å². The van der Waals surface area contributed by atoms with Gasteiger partial charge in [0.05, 0.1) is 5.69 Å². The molecule has 3 rings (SSSR count). The molecule has 4 nitrogen and oxygen atoms in total. The zero-order valence-corrected chi connectivity index (χ0v) is 13.3. The summed E-state index contributed by atoms with van der Waals surface area (Å²) in [5.74, 6) is 0. The van der Waals surface area contributed by atoms with E-state index in [4.69, 9.17) is 0 Å². The maximum Gasteiger partial charge on any atom is 0.253 e. The Balaban J connectivity index is 1.76. The molecule has 5 heteroatoms. The summed E-state index contributed by atoms with van der Waals surface area (Å²) in [6, 6.07) is 12.0. The number of hydrogen-bond acceptors (Lipinski definition) is 4. The monoisotopic (exact) mass is 311 g/mol. The fourth-order valence-electron chi connectivity index (χ4n) is 2.36. The lowest BCUT2D eigenvalue weighted by Gasteiger charge is -2.06. The molecular weight excluding hydrogens is 294 g/mol. The molecule has 0 saturated heterocycles. The summed E-state index contributed by atoms with van der Waals surface area (Å²) in [7, 11) is 0. The maximum atomic E-state index is 12.0. The van der Waals surface area contributed by atoms with Gasteiger partial charge >= 0.3 is 0 Å². The lowest BCUT2D eigenvalue weighted by molar-refractivity contribution is 1.01. The summed E-state index contributed by atoms with van der Waals surface area (Å²) in [5.41, 5.74) is 4.63. The van der Waals surface area contributed by atoms with Gasteiger partial charge in [-0.05, 0) is 25.5 Å². The number of nitrogens with one attached hydrogen (secondary N) is 2. The molecule has 1 aromatic carbocycles. The second-order valence-corrected chi connectivity index (χ2v) is 6.06. The van der Waals surface area contributed by atoms with E-state index in [0.29, 0.717) is 6.54 Å². The first-order valence-corrected chi connectivity index (χ1v) is 7.95. The summed E-state index contributed by atoms with van der Waals surface area (Å²) in [6.45, 7) is 4.32. The van der Waals surface area contributed by atoms with E-state index in [1.807, 2.05) is 55.6 Å². The predicted molar refractivity (Wildman–Crippen MR) is 91.4 cm³/mol. The lowest BCUT2D eigenvalue weighted by Crippen LogP contribution is -2.18. The van der Waals surface area contributed by atoms with Gasteiger partial charge in [0.25, 0.3) is 5.56 Å². The largest absolute Gasteiger partial charge is 0.357 e. The van der Waals surface area contributed by atoms with Crippen LogP contribution in [0.25, 0.3) is 11.3 Å². The van der Waals surface area contributed by atoms with Gasteiger partial charge in [-0.3, -0.25) is 4.79 Å². The van der Waals surface area contributed by atoms with Gasteiger partial charge < -0.3 is 10.3 Å². The van der Waals surface area contributed by atoms with Gasteiger partial charge in [-0.2, -0.15) is 0 Å². The highest BCUT2D eigenvalue weighted by Crippen LogP contribution is 2.24. The van der Waals surface area contributed by atoms with Crippen molar-refractivity contribution in [1.29, 1.82) is 0 Å². The van der Waals surface area contributed by atoms with Crippen molar-refractivity contribution in [2.45, 2.75) is 20.4 Å². The molecule has 3 aromatic rings. The number of thiazole rings is 1. The first-order chi connectivity index (χ1) is 10.6. The number of pyridine rings is 1. The maximum absolute atomic E-state index is 12.0. The first-order valence-electron chi connectivity index (χ1n) is 7.07. The minimum Gasteiger partial charge on any atom is -0.357 e. The summed E-state index contributed by atoms with van der Waals surface area (Å²) in [5, 5.41) is 6.08. The van der Waals surface area contributed by atoms with E-state index in [1.54, 1.807) is 11.3 Å². The van der Waals surface area contributed by atoms with Crippen LogP contribution in [0.5, 0.6) is 0 Å². The normalized spacial score (nSPS) is 10.6. The highest BCUT2D eigenvalue weighted by molar-refractivity contribution is 7.14. The van der Waals surface area contributed by atoms with Crippen LogP contribution in [0.15, 0.2) is 46.6 Å².